The molecule has 1 aliphatic heterocycles. The number of aromatic nitrogens is 4. The first-order chi connectivity index (χ1) is 7.46. The molecule has 1 unspecified atom stereocenters. The van der Waals surface area contributed by atoms with Gasteiger partial charge in [-0.15, -0.1) is 10.2 Å². The zero-order valence-corrected chi connectivity index (χ0v) is 10.3. The summed E-state index contributed by atoms with van der Waals surface area (Å²) in [4.78, 5) is 7.38. The van der Waals surface area contributed by atoms with E-state index < -0.39 is 0 Å². The molecule has 6 heteroatoms. The summed E-state index contributed by atoms with van der Waals surface area (Å²) >= 11 is 0. The number of tetrazole rings is 1. The van der Waals surface area contributed by atoms with Crippen LogP contribution < -0.4 is 0 Å². The molecule has 0 amide bonds. The van der Waals surface area contributed by atoms with E-state index in [4.69, 9.17) is 4.84 Å². The van der Waals surface area contributed by atoms with Crippen LogP contribution in [0.15, 0.2) is 0 Å². The Kier molecular flexibility index (Phi) is 2.94. The molecule has 90 valence electrons. The van der Waals surface area contributed by atoms with E-state index in [9.17, 15) is 0 Å². The van der Waals surface area contributed by atoms with E-state index in [-0.39, 0.29) is 11.6 Å². The quantitative estimate of drug-likeness (QED) is 0.753. The van der Waals surface area contributed by atoms with E-state index in [2.05, 4.69) is 15.4 Å². The van der Waals surface area contributed by atoms with E-state index in [1.54, 1.807) is 7.05 Å². The fourth-order valence-electron chi connectivity index (χ4n) is 1.89. The lowest BCUT2D eigenvalue weighted by Crippen LogP contribution is -2.34. The summed E-state index contributed by atoms with van der Waals surface area (Å²) in [5, 5.41) is 14.2. The van der Waals surface area contributed by atoms with Crippen molar-refractivity contribution in [3.8, 4) is 0 Å². The van der Waals surface area contributed by atoms with Crippen molar-refractivity contribution in [2.45, 2.75) is 45.3 Å². The Morgan fingerprint density at radius 2 is 2.12 bits per heavy atom. The van der Waals surface area contributed by atoms with Gasteiger partial charge in [0.1, 0.15) is 0 Å². The predicted octanol–water partition coefficient (Wildman–Crippen LogP) is 1.08. The van der Waals surface area contributed by atoms with Crippen molar-refractivity contribution in [1.82, 2.24) is 25.3 Å². The van der Waals surface area contributed by atoms with Crippen LogP contribution >= 0.6 is 0 Å². The van der Waals surface area contributed by atoms with Crippen molar-refractivity contribution in [3.63, 3.8) is 0 Å². The lowest BCUT2D eigenvalue weighted by atomic mass is 10.2. The summed E-state index contributed by atoms with van der Waals surface area (Å²) in [6.45, 7) is 7.08. The molecule has 2 rings (SSSR count). The molecule has 0 radical (unpaired) electrons. The van der Waals surface area contributed by atoms with Gasteiger partial charge in [0.25, 0.3) is 0 Å². The first-order valence-electron chi connectivity index (χ1n) is 5.65. The van der Waals surface area contributed by atoms with Gasteiger partial charge in [-0.1, -0.05) is 0 Å². The molecule has 0 bridgehead atoms. The second-order valence-corrected chi connectivity index (χ2v) is 5.14. The molecule has 1 saturated heterocycles. The van der Waals surface area contributed by atoms with Crippen LogP contribution in [0.1, 0.15) is 45.5 Å². The topological polar surface area (TPSA) is 56.1 Å². The van der Waals surface area contributed by atoms with E-state index in [0.29, 0.717) is 0 Å². The molecule has 0 N–H and O–H groups in total. The summed E-state index contributed by atoms with van der Waals surface area (Å²) in [5.41, 5.74) is -0.176. The summed E-state index contributed by atoms with van der Waals surface area (Å²) in [5.74, 6) is 0.754. The number of hydrogen-bond donors (Lipinski definition) is 0. The normalized spacial score (nSPS) is 22.9. The maximum absolute atomic E-state index is 5.89. The van der Waals surface area contributed by atoms with E-state index in [1.807, 2.05) is 25.8 Å². The number of rotatable bonds is 2. The van der Waals surface area contributed by atoms with Crippen LogP contribution in [-0.2, 0) is 11.9 Å². The Morgan fingerprint density at radius 3 is 2.69 bits per heavy atom. The molecule has 0 aliphatic carbocycles. The Morgan fingerprint density at radius 1 is 1.38 bits per heavy atom. The Balaban J connectivity index is 2.09. The minimum absolute atomic E-state index is 0.146. The summed E-state index contributed by atoms with van der Waals surface area (Å²) in [7, 11) is 1.78. The van der Waals surface area contributed by atoms with Crippen LogP contribution in [0, 0.1) is 0 Å². The highest BCUT2D eigenvalue weighted by Gasteiger charge is 2.33. The van der Waals surface area contributed by atoms with E-state index in [0.717, 1.165) is 25.2 Å². The highest BCUT2D eigenvalue weighted by molar-refractivity contribution is 4.92. The van der Waals surface area contributed by atoms with E-state index >= 15 is 0 Å². The minimum atomic E-state index is -0.176. The van der Waals surface area contributed by atoms with Gasteiger partial charge in [0, 0.05) is 6.54 Å². The summed E-state index contributed by atoms with van der Waals surface area (Å²) < 4.78 is 0. The predicted molar refractivity (Wildman–Crippen MR) is 58.3 cm³/mol. The lowest BCUT2D eigenvalue weighted by Gasteiger charge is -2.29. The van der Waals surface area contributed by atoms with Gasteiger partial charge in [0.15, 0.2) is 5.82 Å². The highest BCUT2D eigenvalue weighted by atomic mass is 16.7. The van der Waals surface area contributed by atoms with Crippen molar-refractivity contribution in [2.24, 2.45) is 7.05 Å². The van der Waals surface area contributed by atoms with Crippen LogP contribution in [-0.4, -0.2) is 37.4 Å². The van der Waals surface area contributed by atoms with Crippen molar-refractivity contribution in [2.75, 3.05) is 6.54 Å². The SMILES string of the molecule is Cn1nnc(C2CCCN2OC(C)(C)C)n1. The van der Waals surface area contributed by atoms with E-state index in [1.165, 1.54) is 4.80 Å². The van der Waals surface area contributed by atoms with Crippen LogP contribution in [0.5, 0.6) is 0 Å². The van der Waals surface area contributed by atoms with Gasteiger partial charge in [-0.25, -0.2) is 0 Å². The monoisotopic (exact) mass is 225 g/mol. The second-order valence-electron chi connectivity index (χ2n) is 5.14. The third kappa shape index (κ3) is 2.56. The molecule has 6 nitrogen and oxygen atoms in total. The zero-order chi connectivity index (χ0) is 11.8. The van der Waals surface area contributed by atoms with Crippen LogP contribution in [0.3, 0.4) is 0 Å². The zero-order valence-electron chi connectivity index (χ0n) is 10.3. The number of aryl methyl sites for hydroxylation is 1. The van der Waals surface area contributed by atoms with Crippen LogP contribution in [0.4, 0.5) is 0 Å². The molecule has 1 aromatic heterocycles. The second kappa shape index (κ2) is 4.10. The fourth-order valence-corrected chi connectivity index (χ4v) is 1.89. The smallest absolute Gasteiger partial charge is 0.194 e. The molecular weight excluding hydrogens is 206 g/mol. The molecule has 0 spiro atoms. The van der Waals surface area contributed by atoms with Crippen molar-refractivity contribution in [3.05, 3.63) is 5.82 Å². The first kappa shape index (κ1) is 11.5. The van der Waals surface area contributed by atoms with Gasteiger partial charge in [-0.05, 0) is 38.8 Å². The Labute approximate surface area is 95.5 Å². The minimum Gasteiger partial charge on any atom is -0.293 e. The fraction of sp³-hybridized carbons (Fsp3) is 0.900. The molecule has 1 fully saturated rings. The number of hydrogen-bond acceptors (Lipinski definition) is 5. The van der Waals surface area contributed by atoms with Gasteiger partial charge >= 0.3 is 0 Å². The van der Waals surface area contributed by atoms with Gasteiger partial charge in [-0.3, -0.25) is 4.84 Å². The molecule has 2 heterocycles. The molecule has 1 aliphatic rings. The Hall–Kier alpha value is -1.01. The van der Waals surface area contributed by atoms with Gasteiger partial charge in [-0.2, -0.15) is 9.86 Å². The highest BCUT2D eigenvalue weighted by Crippen LogP contribution is 2.31. The third-order valence-electron chi connectivity index (χ3n) is 2.42. The van der Waals surface area contributed by atoms with Crippen LogP contribution in [0.2, 0.25) is 0 Å². The molecule has 1 aromatic rings. The summed E-state index contributed by atoms with van der Waals surface area (Å²) in [6, 6.07) is 0.146. The van der Waals surface area contributed by atoms with Crippen LogP contribution in [0.25, 0.3) is 0 Å². The standard InChI is InChI=1S/C10H19N5O/c1-10(2,3)16-15-7-5-6-8(15)9-11-13-14(4)12-9/h8H,5-7H2,1-4H3. The molecular formula is C10H19N5O. The molecule has 0 saturated carbocycles. The van der Waals surface area contributed by atoms with Crippen molar-refractivity contribution in [1.29, 1.82) is 0 Å². The largest absolute Gasteiger partial charge is 0.293 e. The van der Waals surface area contributed by atoms with Crippen molar-refractivity contribution < 1.29 is 4.84 Å². The van der Waals surface area contributed by atoms with Gasteiger partial charge in [0.2, 0.25) is 0 Å². The van der Waals surface area contributed by atoms with Crippen molar-refractivity contribution >= 4 is 0 Å². The Bertz CT molecular complexity index is 356. The maximum atomic E-state index is 5.89. The van der Waals surface area contributed by atoms with Gasteiger partial charge < -0.3 is 0 Å². The number of nitrogens with zero attached hydrogens (tertiary/aromatic N) is 5. The van der Waals surface area contributed by atoms with Gasteiger partial charge in [0.05, 0.1) is 18.7 Å². The molecule has 1 atom stereocenters. The average Bonchev–Trinajstić information content (AvgIpc) is 2.71. The molecule has 0 aromatic carbocycles. The average molecular weight is 225 g/mol. The lowest BCUT2D eigenvalue weighted by molar-refractivity contribution is -0.238. The summed E-state index contributed by atoms with van der Waals surface area (Å²) in [6.07, 6.45) is 2.14. The number of hydroxylamine groups is 2. The molecule has 16 heavy (non-hydrogen) atoms. The first-order valence-corrected chi connectivity index (χ1v) is 5.65. The third-order valence-corrected chi connectivity index (χ3v) is 2.42. The maximum Gasteiger partial charge on any atom is 0.194 e.